The van der Waals surface area contributed by atoms with Crippen molar-refractivity contribution in [3.8, 4) is 0 Å². The molecule has 2 aromatic carbocycles. The van der Waals surface area contributed by atoms with E-state index in [1.54, 1.807) is 6.07 Å². The van der Waals surface area contributed by atoms with E-state index < -0.39 is 0 Å². The molecule has 0 saturated carbocycles. The van der Waals surface area contributed by atoms with Crippen molar-refractivity contribution in [3.63, 3.8) is 0 Å². The largest absolute Gasteiger partial charge is 0.370 e. The number of nitrogens with one attached hydrogen (secondary N) is 1. The first-order valence-electron chi connectivity index (χ1n) is 9.20. The lowest BCUT2D eigenvalue weighted by Crippen LogP contribution is -2.34. The fourth-order valence-corrected chi connectivity index (χ4v) is 3.46. The van der Waals surface area contributed by atoms with Crippen molar-refractivity contribution in [3.05, 3.63) is 65.0 Å². The van der Waals surface area contributed by atoms with Gasteiger partial charge in [-0.1, -0.05) is 30.3 Å². The molecule has 0 atom stereocenters. The van der Waals surface area contributed by atoms with Crippen LogP contribution in [0.2, 0.25) is 0 Å². The summed E-state index contributed by atoms with van der Waals surface area (Å²) < 4.78 is 14.3. The highest BCUT2D eigenvalue weighted by Gasteiger charge is 2.20. The number of anilines is 1. The Labute approximate surface area is 154 Å². The SMILES string of the molecule is CCN(CC)c1ccc(CNC(=O)CN2Cc3ccccc3C2)cc1F. The van der Waals surface area contributed by atoms with Gasteiger partial charge in [-0.15, -0.1) is 0 Å². The molecule has 1 N–H and O–H groups in total. The molecule has 1 amide bonds. The van der Waals surface area contributed by atoms with Gasteiger partial charge in [-0.05, 0) is 42.7 Å². The number of rotatable bonds is 7. The standard InChI is InChI=1S/C21H26FN3O/c1-3-25(4-2)20-10-9-16(11-19(20)22)12-23-21(26)15-24-13-17-7-5-6-8-18(17)14-24/h5-11H,3-4,12-15H2,1-2H3,(H,23,26). The first-order chi connectivity index (χ1) is 12.6. The maximum Gasteiger partial charge on any atom is 0.234 e. The molecule has 138 valence electrons. The normalized spacial score (nSPS) is 13.5. The summed E-state index contributed by atoms with van der Waals surface area (Å²) in [4.78, 5) is 16.3. The summed E-state index contributed by atoms with van der Waals surface area (Å²) in [6.07, 6.45) is 0. The molecule has 26 heavy (non-hydrogen) atoms. The van der Waals surface area contributed by atoms with Crippen LogP contribution in [-0.4, -0.2) is 30.4 Å². The fraction of sp³-hybridized carbons (Fsp3) is 0.381. The van der Waals surface area contributed by atoms with Crippen LogP contribution in [0.3, 0.4) is 0 Å². The molecule has 0 bridgehead atoms. The van der Waals surface area contributed by atoms with Crippen molar-refractivity contribution in [2.75, 3.05) is 24.5 Å². The van der Waals surface area contributed by atoms with Crippen molar-refractivity contribution in [2.45, 2.75) is 33.5 Å². The van der Waals surface area contributed by atoms with Crippen LogP contribution in [0.15, 0.2) is 42.5 Å². The minimum atomic E-state index is -0.240. The van der Waals surface area contributed by atoms with Crippen molar-refractivity contribution in [2.24, 2.45) is 0 Å². The number of hydrogen-bond acceptors (Lipinski definition) is 3. The highest BCUT2D eigenvalue weighted by molar-refractivity contribution is 5.78. The molecular weight excluding hydrogens is 329 g/mol. The van der Waals surface area contributed by atoms with Crippen LogP contribution in [0, 0.1) is 5.82 Å². The number of amides is 1. The number of benzene rings is 2. The Morgan fingerprint density at radius 3 is 2.35 bits per heavy atom. The van der Waals surface area contributed by atoms with Crippen LogP contribution < -0.4 is 10.2 Å². The minimum absolute atomic E-state index is 0.0361. The van der Waals surface area contributed by atoms with Crippen LogP contribution in [0.5, 0.6) is 0 Å². The van der Waals surface area contributed by atoms with Crippen LogP contribution in [0.1, 0.15) is 30.5 Å². The summed E-state index contributed by atoms with van der Waals surface area (Å²) in [5.74, 6) is -0.276. The van der Waals surface area contributed by atoms with Gasteiger partial charge >= 0.3 is 0 Å². The zero-order chi connectivity index (χ0) is 18.5. The summed E-state index contributed by atoms with van der Waals surface area (Å²) in [6.45, 7) is 7.85. The second-order valence-electron chi connectivity index (χ2n) is 6.65. The van der Waals surface area contributed by atoms with Crippen LogP contribution >= 0.6 is 0 Å². The monoisotopic (exact) mass is 355 g/mol. The van der Waals surface area contributed by atoms with Crippen molar-refractivity contribution >= 4 is 11.6 Å². The first kappa shape index (κ1) is 18.4. The van der Waals surface area contributed by atoms with Gasteiger partial charge in [0.1, 0.15) is 5.82 Å². The summed E-state index contributed by atoms with van der Waals surface area (Å²) in [6, 6.07) is 13.4. The number of carbonyl (C=O) groups is 1. The Morgan fingerprint density at radius 1 is 1.12 bits per heavy atom. The van der Waals surface area contributed by atoms with Gasteiger partial charge in [0.25, 0.3) is 0 Å². The molecule has 4 nitrogen and oxygen atoms in total. The lowest BCUT2D eigenvalue weighted by molar-refractivity contribution is -0.122. The molecule has 1 heterocycles. The molecule has 0 fully saturated rings. The average Bonchev–Trinajstić information content (AvgIpc) is 3.04. The Balaban J connectivity index is 1.51. The van der Waals surface area contributed by atoms with E-state index in [0.717, 1.165) is 31.7 Å². The highest BCUT2D eigenvalue weighted by Crippen LogP contribution is 2.22. The zero-order valence-electron chi connectivity index (χ0n) is 15.5. The van der Waals surface area contributed by atoms with Gasteiger partial charge in [0.05, 0.1) is 12.2 Å². The molecule has 0 radical (unpaired) electrons. The lowest BCUT2D eigenvalue weighted by Gasteiger charge is -2.22. The van der Waals surface area contributed by atoms with E-state index in [2.05, 4.69) is 22.3 Å². The molecule has 1 aliphatic heterocycles. The molecule has 0 saturated heterocycles. The maximum absolute atomic E-state index is 14.3. The fourth-order valence-electron chi connectivity index (χ4n) is 3.46. The Hall–Kier alpha value is -2.40. The van der Waals surface area contributed by atoms with Gasteiger partial charge in [-0.2, -0.15) is 0 Å². The number of halogens is 1. The summed E-state index contributed by atoms with van der Waals surface area (Å²) in [5, 5.41) is 2.90. The third-order valence-corrected chi connectivity index (χ3v) is 4.88. The van der Waals surface area contributed by atoms with Gasteiger partial charge in [0, 0.05) is 32.7 Å². The quantitative estimate of drug-likeness (QED) is 0.828. The highest BCUT2D eigenvalue weighted by atomic mass is 19.1. The Bertz CT molecular complexity index is 749. The Kier molecular flexibility index (Phi) is 5.89. The zero-order valence-corrected chi connectivity index (χ0v) is 15.5. The van der Waals surface area contributed by atoms with Crippen LogP contribution in [-0.2, 0) is 24.4 Å². The van der Waals surface area contributed by atoms with E-state index in [-0.39, 0.29) is 11.7 Å². The van der Waals surface area contributed by atoms with Crippen LogP contribution in [0.4, 0.5) is 10.1 Å². The van der Waals surface area contributed by atoms with E-state index in [4.69, 9.17) is 0 Å². The Morgan fingerprint density at radius 2 is 1.77 bits per heavy atom. The average molecular weight is 355 g/mol. The predicted molar refractivity (Wildman–Crippen MR) is 102 cm³/mol. The molecular formula is C21H26FN3O. The number of fused-ring (bicyclic) bond motifs is 1. The van der Waals surface area contributed by atoms with Gasteiger partial charge in [0.15, 0.2) is 0 Å². The predicted octanol–water partition coefficient (Wildman–Crippen LogP) is 3.30. The van der Waals surface area contributed by atoms with E-state index >= 15 is 0 Å². The molecule has 2 aromatic rings. The second-order valence-corrected chi connectivity index (χ2v) is 6.65. The summed E-state index contributed by atoms with van der Waals surface area (Å²) >= 11 is 0. The van der Waals surface area contributed by atoms with Gasteiger partial charge in [0.2, 0.25) is 5.91 Å². The number of nitrogens with zero attached hydrogens (tertiary/aromatic N) is 2. The lowest BCUT2D eigenvalue weighted by atomic mass is 10.1. The van der Waals surface area contributed by atoms with Crippen molar-refractivity contribution in [1.82, 2.24) is 10.2 Å². The summed E-state index contributed by atoms with van der Waals surface area (Å²) in [7, 11) is 0. The van der Waals surface area contributed by atoms with Crippen molar-refractivity contribution in [1.29, 1.82) is 0 Å². The molecule has 1 aliphatic rings. The van der Waals surface area contributed by atoms with Crippen LogP contribution in [0.25, 0.3) is 0 Å². The van der Waals surface area contributed by atoms with Gasteiger partial charge in [-0.3, -0.25) is 9.69 Å². The van der Waals surface area contributed by atoms with Gasteiger partial charge < -0.3 is 10.2 Å². The molecule has 0 aliphatic carbocycles. The van der Waals surface area contributed by atoms with E-state index in [9.17, 15) is 9.18 Å². The second kappa shape index (κ2) is 8.32. The number of hydrogen-bond donors (Lipinski definition) is 1. The number of carbonyl (C=O) groups excluding carboxylic acids is 1. The molecule has 0 spiro atoms. The molecule has 0 aromatic heterocycles. The summed E-state index contributed by atoms with van der Waals surface area (Å²) in [5.41, 5.74) is 3.96. The maximum atomic E-state index is 14.3. The minimum Gasteiger partial charge on any atom is -0.370 e. The van der Waals surface area contributed by atoms with E-state index in [1.165, 1.54) is 17.2 Å². The third kappa shape index (κ3) is 4.22. The van der Waals surface area contributed by atoms with E-state index in [1.807, 2.05) is 36.9 Å². The topological polar surface area (TPSA) is 35.6 Å². The van der Waals surface area contributed by atoms with Crippen molar-refractivity contribution < 1.29 is 9.18 Å². The molecule has 5 heteroatoms. The molecule has 0 unspecified atom stereocenters. The third-order valence-electron chi connectivity index (χ3n) is 4.88. The molecule has 3 rings (SSSR count). The smallest absolute Gasteiger partial charge is 0.234 e. The van der Waals surface area contributed by atoms with E-state index in [0.29, 0.717) is 18.8 Å². The van der Waals surface area contributed by atoms with Gasteiger partial charge in [-0.25, -0.2) is 4.39 Å². The first-order valence-corrected chi connectivity index (χ1v) is 9.20.